The standard InChI is InChI=1S/C33H51N3O3S/c1-6-12-27(19-20-34)31(38)18-17-28(40-24-26-13-9-8-10-14-26)23-36-22-21-35-29(32(36)39)15-11-16-30(37)25(3)33(4,5)7-2/h8-10,13-14,21,27-29H,3,6-7,11-12,15-20,22-24,34H2,1-2,4-5H3/t27?,28-,29?/m0/s1. The molecule has 40 heavy (non-hydrogen) atoms. The van der Waals surface area contributed by atoms with Gasteiger partial charge in [0, 0.05) is 42.5 Å². The number of thioether (sulfide) groups is 1. The summed E-state index contributed by atoms with van der Waals surface area (Å²) in [5, 5.41) is 0.140. The molecular formula is C33H51N3O3S. The van der Waals surface area contributed by atoms with E-state index in [0.717, 1.165) is 37.9 Å². The van der Waals surface area contributed by atoms with E-state index >= 15 is 0 Å². The number of benzene rings is 1. The monoisotopic (exact) mass is 569 g/mol. The van der Waals surface area contributed by atoms with Crippen molar-refractivity contribution < 1.29 is 14.4 Å². The number of carbonyl (C=O) groups is 3. The second-order valence-corrected chi connectivity index (χ2v) is 12.9. The Morgan fingerprint density at radius 3 is 2.52 bits per heavy atom. The van der Waals surface area contributed by atoms with Crippen LogP contribution in [-0.2, 0) is 20.1 Å². The van der Waals surface area contributed by atoms with Gasteiger partial charge in [-0.25, -0.2) is 0 Å². The Morgan fingerprint density at radius 2 is 1.88 bits per heavy atom. The number of Topliss-reactive ketones (excluding diaryl/α,β-unsaturated/α-hetero) is 2. The zero-order valence-corrected chi connectivity index (χ0v) is 26.0. The predicted octanol–water partition coefficient (Wildman–Crippen LogP) is 6.42. The molecule has 1 aliphatic heterocycles. The minimum atomic E-state index is -0.450. The minimum absolute atomic E-state index is 0.0197. The molecule has 1 amide bonds. The molecule has 0 aromatic heterocycles. The highest BCUT2D eigenvalue weighted by molar-refractivity contribution is 7.99. The highest BCUT2D eigenvalue weighted by Gasteiger charge is 2.30. The lowest BCUT2D eigenvalue weighted by Gasteiger charge is -2.31. The fourth-order valence-electron chi connectivity index (χ4n) is 4.98. The van der Waals surface area contributed by atoms with Gasteiger partial charge in [-0.15, -0.1) is 0 Å². The predicted molar refractivity (Wildman–Crippen MR) is 169 cm³/mol. The lowest BCUT2D eigenvalue weighted by molar-refractivity contribution is -0.132. The summed E-state index contributed by atoms with van der Waals surface area (Å²) in [5.41, 5.74) is 7.46. The Morgan fingerprint density at radius 1 is 1.15 bits per heavy atom. The van der Waals surface area contributed by atoms with E-state index in [-0.39, 0.29) is 28.3 Å². The van der Waals surface area contributed by atoms with Crippen molar-refractivity contribution in [3.63, 3.8) is 0 Å². The molecule has 0 aliphatic carbocycles. The first kappa shape index (κ1) is 34.0. The van der Waals surface area contributed by atoms with Crippen LogP contribution in [0, 0.1) is 11.3 Å². The van der Waals surface area contributed by atoms with Crippen molar-refractivity contribution in [2.45, 2.75) is 103 Å². The molecular weight excluding hydrogens is 518 g/mol. The largest absolute Gasteiger partial charge is 0.334 e. The molecule has 1 aromatic carbocycles. The topological polar surface area (TPSA) is 92.8 Å². The normalized spacial score (nSPS) is 17.1. The van der Waals surface area contributed by atoms with Crippen LogP contribution in [0.4, 0.5) is 0 Å². The van der Waals surface area contributed by atoms with Crippen LogP contribution >= 0.6 is 11.8 Å². The second-order valence-electron chi connectivity index (χ2n) is 11.6. The van der Waals surface area contributed by atoms with Crippen LogP contribution in [0.2, 0.25) is 0 Å². The number of carbonyl (C=O) groups excluding carboxylic acids is 3. The van der Waals surface area contributed by atoms with Crippen molar-refractivity contribution in [3.8, 4) is 0 Å². The summed E-state index contributed by atoms with van der Waals surface area (Å²) in [6.45, 7) is 13.9. The molecule has 6 nitrogen and oxygen atoms in total. The number of aliphatic imine (C=N–C) groups is 1. The quantitative estimate of drug-likeness (QED) is 0.183. The molecule has 1 heterocycles. The van der Waals surface area contributed by atoms with Crippen molar-refractivity contribution in [3.05, 3.63) is 48.0 Å². The van der Waals surface area contributed by atoms with E-state index < -0.39 is 6.04 Å². The third-order valence-corrected chi connectivity index (χ3v) is 9.53. The zero-order chi connectivity index (χ0) is 29.5. The number of ketones is 2. The van der Waals surface area contributed by atoms with Crippen LogP contribution in [0.15, 0.2) is 47.5 Å². The van der Waals surface area contributed by atoms with Gasteiger partial charge < -0.3 is 10.6 Å². The lowest BCUT2D eigenvalue weighted by atomic mass is 9.79. The van der Waals surface area contributed by atoms with Gasteiger partial charge in [-0.1, -0.05) is 71.0 Å². The molecule has 0 fully saturated rings. The highest BCUT2D eigenvalue weighted by atomic mass is 32.2. The molecule has 7 heteroatoms. The summed E-state index contributed by atoms with van der Waals surface area (Å²) in [4.78, 5) is 45.4. The smallest absolute Gasteiger partial charge is 0.247 e. The summed E-state index contributed by atoms with van der Waals surface area (Å²) < 4.78 is 0. The number of nitrogens with zero attached hydrogens (tertiary/aromatic N) is 2. The number of hydrogen-bond donors (Lipinski definition) is 1. The third kappa shape index (κ3) is 11.0. The molecule has 3 atom stereocenters. The van der Waals surface area contributed by atoms with Crippen LogP contribution in [0.5, 0.6) is 0 Å². The van der Waals surface area contributed by atoms with Gasteiger partial charge in [-0.2, -0.15) is 11.8 Å². The van der Waals surface area contributed by atoms with Crippen molar-refractivity contribution in [2.24, 2.45) is 22.1 Å². The van der Waals surface area contributed by atoms with Gasteiger partial charge in [-0.3, -0.25) is 19.4 Å². The van der Waals surface area contributed by atoms with E-state index in [1.165, 1.54) is 5.56 Å². The zero-order valence-electron chi connectivity index (χ0n) is 25.2. The van der Waals surface area contributed by atoms with Gasteiger partial charge in [-0.05, 0) is 61.6 Å². The molecule has 0 bridgehead atoms. The SMILES string of the molecule is C=C(C(=O)CCCC1N=CCN(C[C@H](CCC(=O)C(CCC)CCN)SCc2ccccc2)C1=O)C(C)(C)CC. The van der Waals surface area contributed by atoms with Crippen molar-refractivity contribution in [2.75, 3.05) is 19.6 Å². The summed E-state index contributed by atoms with van der Waals surface area (Å²) in [5.74, 6) is 1.25. The molecule has 2 rings (SSSR count). The Hall–Kier alpha value is -2.25. The van der Waals surface area contributed by atoms with Gasteiger partial charge >= 0.3 is 0 Å². The van der Waals surface area contributed by atoms with E-state index in [0.29, 0.717) is 56.7 Å². The maximum absolute atomic E-state index is 13.4. The number of nitrogens with two attached hydrogens (primary N) is 1. The van der Waals surface area contributed by atoms with E-state index in [2.05, 4.69) is 37.6 Å². The van der Waals surface area contributed by atoms with E-state index in [4.69, 9.17) is 5.73 Å². The van der Waals surface area contributed by atoms with Gasteiger partial charge in [0.25, 0.3) is 0 Å². The molecule has 0 radical (unpaired) electrons. The summed E-state index contributed by atoms with van der Waals surface area (Å²) in [6.07, 6.45) is 8.08. The van der Waals surface area contributed by atoms with Crippen LogP contribution in [0.3, 0.4) is 0 Å². The number of allylic oxidation sites excluding steroid dienone is 1. The molecule has 0 spiro atoms. The van der Waals surface area contributed by atoms with Gasteiger partial charge in [0.15, 0.2) is 5.78 Å². The Balaban J connectivity index is 1.99. The van der Waals surface area contributed by atoms with Crippen molar-refractivity contribution in [1.29, 1.82) is 0 Å². The van der Waals surface area contributed by atoms with E-state index in [1.54, 1.807) is 0 Å². The number of amides is 1. The average Bonchev–Trinajstić information content (AvgIpc) is 2.95. The molecule has 2 N–H and O–H groups in total. The first-order valence-electron chi connectivity index (χ1n) is 15.0. The summed E-state index contributed by atoms with van der Waals surface area (Å²) in [7, 11) is 0. The molecule has 222 valence electrons. The maximum Gasteiger partial charge on any atom is 0.247 e. The number of hydrogen-bond acceptors (Lipinski definition) is 6. The van der Waals surface area contributed by atoms with Crippen molar-refractivity contribution in [1.82, 2.24) is 4.90 Å². The van der Waals surface area contributed by atoms with Crippen LogP contribution in [-0.4, -0.2) is 59.5 Å². The Bertz CT molecular complexity index is 986. The highest BCUT2D eigenvalue weighted by Crippen LogP contribution is 2.30. The number of rotatable bonds is 20. The summed E-state index contributed by atoms with van der Waals surface area (Å²) in [6, 6.07) is 9.86. The van der Waals surface area contributed by atoms with E-state index in [1.807, 2.05) is 54.9 Å². The minimum Gasteiger partial charge on any atom is -0.334 e. The summed E-state index contributed by atoms with van der Waals surface area (Å²) >= 11 is 1.81. The Kier molecular flexibility index (Phi) is 14.9. The average molecular weight is 570 g/mol. The van der Waals surface area contributed by atoms with E-state index in [9.17, 15) is 14.4 Å². The van der Waals surface area contributed by atoms with Gasteiger partial charge in [0.05, 0.1) is 6.54 Å². The van der Waals surface area contributed by atoms with Crippen LogP contribution < -0.4 is 5.73 Å². The van der Waals surface area contributed by atoms with Crippen molar-refractivity contribution >= 4 is 35.5 Å². The first-order chi connectivity index (χ1) is 19.1. The lowest BCUT2D eigenvalue weighted by Crippen LogP contribution is -2.46. The van der Waals surface area contributed by atoms with Crippen LogP contribution in [0.25, 0.3) is 0 Å². The van der Waals surface area contributed by atoms with Gasteiger partial charge in [0.2, 0.25) is 5.91 Å². The fraction of sp³-hybridized carbons (Fsp3) is 0.636. The maximum atomic E-state index is 13.4. The molecule has 0 saturated heterocycles. The molecule has 1 aliphatic rings. The molecule has 0 saturated carbocycles. The molecule has 1 aromatic rings. The van der Waals surface area contributed by atoms with Crippen LogP contribution in [0.1, 0.15) is 91.0 Å². The first-order valence-corrected chi connectivity index (χ1v) is 16.1. The second kappa shape index (κ2) is 17.5. The Labute approximate surface area is 246 Å². The van der Waals surface area contributed by atoms with Gasteiger partial charge in [0.1, 0.15) is 11.8 Å². The fourth-order valence-corrected chi connectivity index (χ4v) is 6.17. The molecule has 2 unspecified atom stereocenters. The third-order valence-electron chi connectivity index (χ3n) is 8.18.